The summed E-state index contributed by atoms with van der Waals surface area (Å²) >= 11 is 0. The average molecular weight is 292 g/mol. The van der Waals surface area contributed by atoms with Crippen LogP contribution in [0, 0.1) is 11.7 Å². The first-order valence-corrected chi connectivity index (χ1v) is 7.15. The minimum absolute atomic E-state index is 0.0325. The molecule has 0 unspecified atom stereocenters. The molecule has 0 radical (unpaired) electrons. The van der Waals surface area contributed by atoms with E-state index in [2.05, 4.69) is 17.2 Å². The van der Waals surface area contributed by atoms with Crippen molar-refractivity contribution in [2.75, 3.05) is 25.0 Å². The van der Waals surface area contributed by atoms with Crippen molar-refractivity contribution < 1.29 is 9.18 Å². The van der Waals surface area contributed by atoms with Gasteiger partial charge in [0.25, 0.3) is 0 Å². The second kappa shape index (κ2) is 7.06. The van der Waals surface area contributed by atoms with Crippen LogP contribution in [0.25, 0.3) is 0 Å². The van der Waals surface area contributed by atoms with E-state index < -0.39 is 0 Å². The van der Waals surface area contributed by atoms with Crippen molar-refractivity contribution in [2.24, 2.45) is 16.6 Å². The van der Waals surface area contributed by atoms with Crippen LogP contribution in [-0.4, -0.2) is 36.4 Å². The molecule has 1 aromatic carbocycles. The van der Waals surface area contributed by atoms with Crippen LogP contribution in [0.1, 0.15) is 19.8 Å². The summed E-state index contributed by atoms with van der Waals surface area (Å²) < 4.78 is 12.8. The number of guanidine groups is 1. The third-order valence-corrected chi connectivity index (χ3v) is 3.62. The molecule has 0 spiro atoms. The Morgan fingerprint density at radius 1 is 1.38 bits per heavy atom. The minimum Gasteiger partial charge on any atom is -0.370 e. The van der Waals surface area contributed by atoms with Gasteiger partial charge in [0.2, 0.25) is 5.91 Å². The smallest absolute Gasteiger partial charge is 0.246 e. The average Bonchev–Trinajstić information content (AvgIpc) is 2.48. The van der Waals surface area contributed by atoms with E-state index >= 15 is 0 Å². The number of likely N-dealkylation sites (tertiary alicyclic amines) is 1. The van der Waals surface area contributed by atoms with Crippen molar-refractivity contribution in [3.8, 4) is 0 Å². The highest BCUT2D eigenvalue weighted by Crippen LogP contribution is 2.15. The van der Waals surface area contributed by atoms with Crippen LogP contribution in [0.15, 0.2) is 29.3 Å². The van der Waals surface area contributed by atoms with Gasteiger partial charge < -0.3 is 16.0 Å². The van der Waals surface area contributed by atoms with Crippen molar-refractivity contribution >= 4 is 17.6 Å². The van der Waals surface area contributed by atoms with Gasteiger partial charge in [0, 0.05) is 18.8 Å². The Kier molecular flexibility index (Phi) is 5.14. The van der Waals surface area contributed by atoms with Gasteiger partial charge in [-0.2, -0.15) is 0 Å². The zero-order valence-electron chi connectivity index (χ0n) is 12.2. The van der Waals surface area contributed by atoms with E-state index in [1.807, 2.05) is 4.90 Å². The van der Waals surface area contributed by atoms with E-state index in [0.717, 1.165) is 31.8 Å². The second-order valence-electron chi connectivity index (χ2n) is 5.40. The maximum atomic E-state index is 12.8. The van der Waals surface area contributed by atoms with E-state index in [4.69, 9.17) is 5.73 Å². The summed E-state index contributed by atoms with van der Waals surface area (Å²) in [6, 6.07) is 5.60. The summed E-state index contributed by atoms with van der Waals surface area (Å²) in [4.78, 5) is 17.9. The number of nitrogens with one attached hydrogen (secondary N) is 1. The van der Waals surface area contributed by atoms with Gasteiger partial charge in [-0.05, 0) is 43.0 Å². The fraction of sp³-hybridized carbons (Fsp3) is 0.467. The molecule has 1 heterocycles. The molecular formula is C15H21FN4O. The summed E-state index contributed by atoms with van der Waals surface area (Å²) in [5, 5.41) is 2.65. The highest BCUT2D eigenvalue weighted by atomic mass is 19.1. The number of nitrogens with two attached hydrogens (primary N) is 1. The molecule has 3 N–H and O–H groups in total. The normalized spacial score (nSPS) is 16.9. The van der Waals surface area contributed by atoms with Gasteiger partial charge in [0.15, 0.2) is 5.96 Å². The van der Waals surface area contributed by atoms with Crippen LogP contribution in [0.4, 0.5) is 10.1 Å². The number of hydrogen-bond acceptors (Lipinski definition) is 2. The molecule has 1 fully saturated rings. The third kappa shape index (κ3) is 4.73. The van der Waals surface area contributed by atoms with Gasteiger partial charge in [-0.15, -0.1) is 0 Å². The van der Waals surface area contributed by atoms with E-state index in [-0.39, 0.29) is 18.3 Å². The Labute approximate surface area is 124 Å². The van der Waals surface area contributed by atoms with Crippen LogP contribution >= 0.6 is 0 Å². The first-order valence-electron chi connectivity index (χ1n) is 7.15. The lowest BCUT2D eigenvalue weighted by Crippen LogP contribution is -2.42. The Hall–Kier alpha value is -2.11. The fourth-order valence-corrected chi connectivity index (χ4v) is 2.22. The Morgan fingerprint density at radius 3 is 2.62 bits per heavy atom. The molecule has 1 aliphatic heterocycles. The van der Waals surface area contributed by atoms with Crippen molar-refractivity contribution in [1.82, 2.24) is 4.90 Å². The fourth-order valence-electron chi connectivity index (χ4n) is 2.22. The Morgan fingerprint density at radius 2 is 2.00 bits per heavy atom. The van der Waals surface area contributed by atoms with Crippen LogP contribution in [0.5, 0.6) is 0 Å². The second-order valence-corrected chi connectivity index (χ2v) is 5.40. The molecule has 0 bridgehead atoms. The highest BCUT2D eigenvalue weighted by Gasteiger charge is 2.17. The van der Waals surface area contributed by atoms with E-state index in [0.29, 0.717) is 11.6 Å². The molecule has 1 amide bonds. The number of anilines is 1. The topological polar surface area (TPSA) is 70.7 Å². The molecule has 114 valence electrons. The van der Waals surface area contributed by atoms with Crippen molar-refractivity contribution in [3.05, 3.63) is 30.1 Å². The largest absolute Gasteiger partial charge is 0.370 e. The maximum Gasteiger partial charge on any atom is 0.246 e. The van der Waals surface area contributed by atoms with Gasteiger partial charge in [-0.3, -0.25) is 4.79 Å². The molecule has 1 saturated heterocycles. The number of hydrogen-bond donors (Lipinski definition) is 2. The predicted molar refractivity (Wildman–Crippen MR) is 81.5 cm³/mol. The molecule has 0 aromatic heterocycles. The molecular weight excluding hydrogens is 271 g/mol. The van der Waals surface area contributed by atoms with Gasteiger partial charge in [0.1, 0.15) is 12.4 Å². The Balaban J connectivity index is 1.82. The zero-order valence-corrected chi connectivity index (χ0v) is 12.2. The number of carbonyl (C=O) groups excluding carboxylic acids is 1. The molecule has 0 saturated carbocycles. The van der Waals surface area contributed by atoms with Crippen molar-refractivity contribution in [3.63, 3.8) is 0 Å². The molecule has 1 aliphatic rings. The van der Waals surface area contributed by atoms with Gasteiger partial charge in [-0.1, -0.05) is 6.92 Å². The number of amides is 1. The number of halogens is 1. The highest BCUT2D eigenvalue weighted by molar-refractivity contribution is 5.93. The number of rotatable bonds is 3. The van der Waals surface area contributed by atoms with Gasteiger partial charge in [0.05, 0.1) is 0 Å². The summed E-state index contributed by atoms with van der Waals surface area (Å²) in [6.07, 6.45) is 2.19. The van der Waals surface area contributed by atoms with E-state index in [1.54, 1.807) is 0 Å². The number of carbonyl (C=O) groups is 1. The number of benzene rings is 1. The maximum absolute atomic E-state index is 12.8. The SMILES string of the molecule is CC1CCN(C(N)=NCC(=O)Nc2ccc(F)cc2)CC1. The summed E-state index contributed by atoms with van der Waals surface area (Å²) in [6.45, 7) is 3.96. The number of nitrogens with zero attached hydrogens (tertiary/aromatic N) is 2. The lowest BCUT2D eigenvalue weighted by molar-refractivity contribution is -0.114. The first kappa shape index (κ1) is 15.3. The molecule has 0 aliphatic carbocycles. The first-order chi connectivity index (χ1) is 10.0. The quantitative estimate of drug-likeness (QED) is 0.659. The van der Waals surface area contributed by atoms with Crippen molar-refractivity contribution in [1.29, 1.82) is 0 Å². The predicted octanol–water partition coefficient (Wildman–Crippen LogP) is 1.81. The van der Waals surface area contributed by atoms with Crippen LogP contribution < -0.4 is 11.1 Å². The summed E-state index contributed by atoms with van der Waals surface area (Å²) in [5.41, 5.74) is 6.45. The third-order valence-electron chi connectivity index (χ3n) is 3.62. The molecule has 0 atom stereocenters. The lowest BCUT2D eigenvalue weighted by Gasteiger charge is -2.30. The molecule has 2 rings (SSSR count). The molecule has 1 aromatic rings. The molecule has 5 nitrogen and oxygen atoms in total. The van der Waals surface area contributed by atoms with Crippen molar-refractivity contribution in [2.45, 2.75) is 19.8 Å². The van der Waals surface area contributed by atoms with Crippen LogP contribution in [0.2, 0.25) is 0 Å². The summed E-state index contributed by atoms with van der Waals surface area (Å²) in [7, 11) is 0. The number of aliphatic imine (C=N–C) groups is 1. The number of piperidine rings is 1. The summed E-state index contributed by atoms with van der Waals surface area (Å²) in [5.74, 6) is 0.525. The molecule has 6 heteroatoms. The van der Waals surface area contributed by atoms with E-state index in [9.17, 15) is 9.18 Å². The standard InChI is InChI=1S/C15H21FN4O/c1-11-6-8-20(9-7-11)15(17)18-10-14(21)19-13-4-2-12(16)3-5-13/h2-5,11H,6-10H2,1H3,(H2,17,18)(H,19,21). The van der Waals surface area contributed by atoms with Crippen LogP contribution in [-0.2, 0) is 4.79 Å². The lowest BCUT2D eigenvalue weighted by atomic mass is 10.00. The monoisotopic (exact) mass is 292 g/mol. The zero-order chi connectivity index (χ0) is 15.2. The molecule has 21 heavy (non-hydrogen) atoms. The minimum atomic E-state index is -0.338. The van der Waals surface area contributed by atoms with Gasteiger partial charge in [-0.25, -0.2) is 9.38 Å². The van der Waals surface area contributed by atoms with Gasteiger partial charge >= 0.3 is 0 Å². The Bertz CT molecular complexity index is 507. The van der Waals surface area contributed by atoms with Crippen LogP contribution in [0.3, 0.4) is 0 Å². The van der Waals surface area contributed by atoms with E-state index in [1.165, 1.54) is 24.3 Å².